The maximum Gasteiger partial charge on any atom is 0.416 e. The largest absolute Gasteiger partial charge is 0.456 e. The van der Waals surface area contributed by atoms with Crippen LogP contribution in [-0.4, -0.2) is 24.4 Å². The molecule has 2 amide bonds. The van der Waals surface area contributed by atoms with Crippen molar-refractivity contribution in [2.24, 2.45) is 0 Å². The van der Waals surface area contributed by atoms with Gasteiger partial charge in [-0.3, -0.25) is 14.4 Å². The van der Waals surface area contributed by atoms with E-state index in [0.29, 0.717) is 16.8 Å². The molecule has 0 heterocycles. The molecule has 0 fully saturated rings. The maximum absolute atomic E-state index is 12.7. The average Bonchev–Trinajstić information content (AvgIpc) is 2.67. The third kappa shape index (κ3) is 8.47. The smallest absolute Gasteiger partial charge is 0.416 e. The van der Waals surface area contributed by atoms with Crippen molar-refractivity contribution in [2.45, 2.75) is 25.4 Å². The summed E-state index contributed by atoms with van der Waals surface area (Å²) in [7, 11) is 0. The third-order valence-corrected chi connectivity index (χ3v) is 4.39. The molecule has 2 N–H and O–H groups in total. The van der Waals surface area contributed by atoms with Gasteiger partial charge in [-0.25, -0.2) is 0 Å². The van der Waals surface area contributed by atoms with Crippen LogP contribution in [0.4, 0.5) is 24.5 Å². The minimum Gasteiger partial charge on any atom is -0.456 e. The first-order valence-electron chi connectivity index (χ1n) is 8.92. The Labute approximate surface area is 185 Å². The fourth-order valence-electron chi connectivity index (χ4n) is 2.38. The summed E-state index contributed by atoms with van der Waals surface area (Å²) in [5.74, 6) is -1.92. The highest BCUT2D eigenvalue weighted by atomic mass is 35.5. The van der Waals surface area contributed by atoms with Crippen molar-refractivity contribution in [3.05, 3.63) is 58.1 Å². The van der Waals surface area contributed by atoms with Crippen LogP contribution in [0.3, 0.4) is 0 Å². The number of hydrogen-bond donors (Lipinski definition) is 2. The molecule has 31 heavy (non-hydrogen) atoms. The van der Waals surface area contributed by atoms with Crippen LogP contribution < -0.4 is 10.6 Å². The molecule has 0 spiro atoms. The fraction of sp³-hybridized carbons (Fsp3) is 0.250. The monoisotopic (exact) mass is 476 g/mol. The Morgan fingerprint density at radius 2 is 1.68 bits per heavy atom. The molecule has 11 heteroatoms. The van der Waals surface area contributed by atoms with Gasteiger partial charge in [0, 0.05) is 23.6 Å². The van der Waals surface area contributed by atoms with Crippen LogP contribution in [0.15, 0.2) is 42.5 Å². The van der Waals surface area contributed by atoms with Crippen molar-refractivity contribution in [1.82, 2.24) is 0 Å². The van der Waals surface area contributed by atoms with Gasteiger partial charge in [0.15, 0.2) is 6.61 Å². The fourth-order valence-corrected chi connectivity index (χ4v) is 2.74. The first-order valence-corrected chi connectivity index (χ1v) is 9.68. The Morgan fingerprint density at radius 1 is 0.935 bits per heavy atom. The van der Waals surface area contributed by atoms with Crippen molar-refractivity contribution in [3.63, 3.8) is 0 Å². The predicted octanol–water partition coefficient (Wildman–Crippen LogP) is 5.30. The van der Waals surface area contributed by atoms with E-state index in [-0.39, 0.29) is 35.9 Å². The van der Waals surface area contributed by atoms with Crippen LogP contribution in [-0.2, 0) is 25.3 Å². The van der Waals surface area contributed by atoms with E-state index >= 15 is 0 Å². The molecular formula is C20H17Cl2F3N2O4. The van der Waals surface area contributed by atoms with Crippen molar-refractivity contribution in [1.29, 1.82) is 0 Å². The molecule has 0 saturated carbocycles. The van der Waals surface area contributed by atoms with Gasteiger partial charge in [-0.2, -0.15) is 13.2 Å². The zero-order valence-corrected chi connectivity index (χ0v) is 17.4. The maximum atomic E-state index is 12.7. The van der Waals surface area contributed by atoms with Gasteiger partial charge in [0.25, 0.3) is 5.91 Å². The van der Waals surface area contributed by atoms with Gasteiger partial charge < -0.3 is 15.4 Å². The minimum atomic E-state index is -4.60. The normalized spacial score (nSPS) is 11.0. The van der Waals surface area contributed by atoms with E-state index in [1.165, 1.54) is 0 Å². The number of carbonyl (C=O) groups excluding carboxylic acids is 3. The second kappa shape index (κ2) is 11.0. The average molecular weight is 477 g/mol. The number of alkyl halides is 3. The summed E-state index contributed by atoms with van der Waals surface area (Å²) in [6, 6.07) is 9.02. The van der Waals surface area contributed by atoms with Crippen molar-refractivity contribution >= 4 is 52.4 Å². The van der Waals surface area contributed by atoms with E-state index < -0.39 is 30.2 Å². The Hall–Kier alpha value is -2.78. The van der Waals surface area contributed by atoms with E-state index in [0.717, 1.165) is 12.1 Å². The molecule has 0 aliphatic heterocycles. The number of esters is 1. The van der Waals surface area contributed by atoms with Crippen LogP contribution in [0.25, 0.3) is 0 Å². The molecule has 6 nitrogen and oxygen atoms in total. The van der Waals surface area contributed by atoms with Crippen LogP contribution >= 0.6 is 23.2 Å². The number of nitrogens with one attached hydrogen (secondary N) is 2. The van der Waals surface area contributed by atoms with Crippen LogP contribution in [0, 0.1) is 0 Å². The molecule has 0 aliphatic rings. The van der Waals surface area contributed by atoms with E-state index in [2.05, 4.69) is 10.6 Å². The van der Waals surface area contributed by atoms with E-state index in [4.69, 9.17) is 27.9 Å². The Balaban J connectivity index is 1.72. The molecule has 0 bridgehead atoms. The first-order chi connectivity index (χ1) is 14.5. The van der Waals surface area contributed by atoms with Crippen molar-refractivity contribution in [3.8, 4) is 0 Å². The Kier molecular flexibility index (Phi) is 8.70. The molecule has 0 saturated heterocycles. The molecule has 2 rings (SSSR count). The summed E-state index contributed by atoms with van der Waals surface area (Å²) in [5, 5.41) is 5.15. The zero-order chi connectivity index (χ0) is 23.0. The summed E-state index contributed by atoms with van der Waals surface area (Å²) in [6.07, 6.45) is -4.52. The highest BCUT2D eigenvalue weighted by Gasteiger charge is 2.31. The first kappa shape index (κ1) is 24.5. The molecule has 0 aromatic heterocycles. The lowest BCUT2D eigenvalue weighted by atomic mass is 10.2. The number of benzene rings is 2. The molecule has 0 radical (unpaired) electrons. The van der Waals surface area contributed by atoms with Crippen LogP contribution in [0.1, 0.15) is 24.8 Å². The second-order valence-corrected chi connectivity index (χ2v) is 7.16. The lowest BCUT2D eigenvalue weighted by Crippen LogP contribution is -2.21. The second-order valence-electron chi connectivity index (χ2n) is 6.31. The van der Waals surface area contributed by atoms with Crippen molar-refractivity contribution in [2.75, 3.05) is 17.2 Å². The number of carbonyl (C=O) groups is 3. The molecular weight excluding hydrogens is 460 g/mol. The highest BCUT2D eigenvalue weighted by Crippen LogP contribution is 2.33. The molecule has 2 aromatic rings. The highest BCUT2D eigenvalue weighted by molar-refractivity contribution is 6.33. The third-order valence-electron chi connectivity index (χ3n) is 3.83. The van der Waals surface area contributed by atoms with Gasteiger partial charge in [-0.1, -0.05) is 29.3 Å². The van der Waals surface area contributed by atoms with E-state index in [1.54, 1.807) is 24.3 Å². The van der Waals surface area contributed by atoms with Crippen LogP contribution in [0.5, 0.6) is 0 Å². The van der Waals surface area contributed by atoms with Gasteiger partial charge in [0.2, 0.25) is 5.91 Å². The van der Waals surface area contributed by atoms with Crippen molar-refractivity contribution < 1.29 is 32.3 Å². The molecule has 166 valence electrons. The summed E-state index contributed by atoms with van der Waals surface area (Å²) in [6.45, 7) is -0.708. The van der Waals surface area contributed by atoms with Gasteiger partial charge in [-0.15, -0.1) is 0 Å². The van der Waals surface area contributed by atoms with Crippen LogP contribution in [0.2, 0.25) is 10.0 Å². The summed E-state index contributed by atoms with van der Waals surface area (Å²) in [5.41, 5.74) is -0.722. The topological polar surface area (TPSA) is 84.5 Å². The summed E-state index contributed by atoms with van der Waals surface area (Å²) >= 11 is 11.6. The summed E-state index contributed by atoms with van der Waals surface area (Å²) in [4.78, 5) is 35.4. The van der Waals surface area contributed by atoms with Gasteiger partial charge in [0.1, 0.15) is 0 Å². The van der Waals surface area contributed by atoms with Gasteiger partial charge >= 0.3 is 12.1 Å². The van der Waals surface area contributed by atoms with E-state index in [9.17, 15) is 27.6 Å². The number of amides is 2. The number of rotatable bonds is 8. The number of anilines is 2. The Morgan fingerprint density at radius 3 is 2.35 bits per heavy atom. The quantitative estimate of drug-likeness (QED) is 0.506. The molecule has 0 atom stereocenters. The molecule has 0 aliphatic carbocycles. The lowest BCUT2D eigenvalue weighted by molar-refractivity contribution is -0.147. The van der Waals surface area contributed by atoms with Gasteiger partial charge in [0.05, 0.1) is 16.3 Å². The summed E-state index contributed by atoms with van der Waals surface area (Å²) < 4.78 is 43.0. The molecule has 0 unspecified atom stereocenters. The SMILES string of the molecule is O=C(CCCC(=O)OCC(=O)Nc1cc(C(F)(F)F)ccc1Cl)Nc1cccc(Cl)c1. The number of hydrogen-bond acceptors (Lipinski definition) is 4. The lowest BCUT2D eigenvalue weighted by Gasteiger charge is -2.12. The zero-order valence-electron chi connectivity index (χ0n) is 15.9. The Bertz CT molecular complexity index is 968. The number of ether oxygens (including phenoxy) is 1. The molecule has 2 aromatic carbocycles. The predicted molar refractivity (Wildman–Crippen MR) is 110 cm³/mol. The van der Waals surface area contributed by atoms with E-state index in [1.807, 2.05) is 0 Å². The standard InChI is InChI=1S/C20H17Cl2F3N2O4/c21-13-3-1-4-14(10-13)26-17(28)5-2-6-19(30)31-11-18(29)27-16-9-12(20(23,24)25)7-8-15(16)22/h1,3-4,7-10H,2,5-6,11H2,(H,26,28)(H,27,29). The van der Waals surface area contributed by atoms with Gasteiger partial charge in [-0.05, 0) is 42.8 Å². The number of halogens is 5. The minimum absolute atomic E-state index is 0.0354.